The summed E-state index contributed by atoms with van der Waals surface area (Å²) in [6.07, 6.45) is 1.89. The minimum absolute atomic E-state index is 0.0618. The average Bonchev–Trinajstić information content (AvgIpc) is 3.17. The number of thiocarbonyl (C=S) groups is 1. The molecule has 0 saturated carbocycles. The molecule has 0 aromatic heterocycles. The van der Waals surface area contributed by atoms with Gasteiger partial charge < -0.3 is 9.47 Å². The first kappa shape index (κ1) is 16.2. The van der Waals surface area contributed by atoms with Crippen LogP contribution in [-0.2, 0) is 11.3 Å². The van der Waals surface area contributed by atoms with E-state index in [1.165, 1.54) is 17.3 Å². The molecule has 4 nitrogen and oxygen atoms in total. The highest BCUT2D eigenvalue weighted by atomic mass is 32.2. The second-order valence-electron chi connectivity index (χ2n) is 5.87. The number of ether oxygens (including phenoxy) is 2. The van der Waals surface area contributed by atoms with Gasteiger partial charge in [-0.05, 0) is 36.3 Å². The zero-order valence-electron chi connectivity index (χ0n) is 13.5. The molecule has 2 aromatic rings. The van der Waals surface area contributed by atoms with Gasteiger partial charge in [-0.2, -0.15) is 0 Å². The third kappa shape index (κ3) is 3.27. The summed E-state index contributed by atoms with van der Waals surface area (Å²) in [5.74, 6) is 1.37. The van der Waals surface area contributed by atoms with Gasteiger partial charge >= 0.3 is 0 Å². The Balaban J connectivity index is 1.54. The molecule has 2 aliphatic heterocycles. The van der Waals surface area contributed by atoms with Gasteiger partial charge in [0.1, 0.15) is 4.32 Å². The lowest BCUT2D eigenvalue weighted by atomic mass is 10.1. The maximum Gasteiger partial charge on any atom is 0.266 e. The van der Waals surface area contributed by atoms with E-state index in [1.807, 2.05) is 55.5 Å². The first-order chi connectivity index (χ1) is 12.1. The molecule has 2 aliphatic rings. The number of hydrogen-bond donors (Lipinski definition) is 0. The van der Waals surface area contributed by atoms with Crippen molar-refractivity contribution in [1.82, 2.24) is 4.90 Å². The van der Waals surface area contributed by atoms with Crippen molar-refractivity contribution < 1.29 is 14.3 Å². The van der Waals surface area contributed by atoms with Gasteiger partial charge in [-0.1, -0.05) is 59.9 Å². The molecule has 0 radical (unpaired) electrons. The second kappa shape index (κ2) is 6.54. The number of carbonyl (C=O) groups excluding carboxylic acids is 1. The van der Waals surface area contributed by atoms with Crippen LogP contribution in [0.4, 0.5) is 0 Å². The zero-order chi connectivity index (χ0) is 17.4. The van der Waals surface area contributed by atoms with Crippen LogP contribution in [0.3, 0.4) is 0 Å². The number of rotatable bonds is 3. The Kier molecular flexibility index (Phi) is 4.23. The number of fused-ring (bicyclic) bond motifs is 1. The third-order valence-electron chi connectivity index (χ3n) is 4.03. The molecule has 2 heterocycles. The number of carbonyl (C=O) groups is 1. The topological polar surface area (TPSA) is 38.8 Å². The van der Waals surface area contributed by atoms with Crippen molar-refractivity contribution in [3.8, 4) is 11.5 Å². The van der Waals surface area contributed by atoms with Crippen LogP contribution in [0.1, 0.15) is 16.7 Å². The Morgan fingerprint density at radius 3 is 2.72 bits per heavy atom. The van der Waals surface area contributed by atoms with Gasteiger partial charge in [0.25, 0.3) is 5.91 Å². The molecule has 0 N–H and O–H groups in total. The number of amides is 1. The highest BCUT2D eigenvalue weighted by molar-refractivity contribution is 8.26. The molecule has 1 amide bonds. The smallest absolute Gasteiger partial charge is 0.266 e. The van der Waals surface area contributed by atoms with E-state index in [4.69, 9.17) is 21.7 Å². The number of benzene rings is 2. The van der Waals surface area contributed by atoms with Crippen LogP contribution in [0.25, 0.3) is 6.08 Å². The normalized spacial score (nSPS) is 17.6. The van der Waals surface area contributed by atoms with E-state index >= 15 is 0 Å². The number of hydrogen-bond acceptors (Lipinski definition) is 5. The quantitative estimate of drug-likeness (QED) is 0.601. The first-order valence-corrected chi connectivity index (χ1v) is 9.03. The predicted molar refractivity (Wildman–Crippen MR) is 102 cm³/mol. The minimum Gasteiger partial charge on any atom is -0.454 e. The Labute approximate surface area is 155 Å². The fraction of sp³-hybridized carbons (Fsp3) is 0.158. The molecular formula is C19H15NO3S2. The lowest BCUT2D eigenvalue weighted by Crippen LogP contribution is -2.27. The van der Waals surface area contributed by atoms with Crippen molar-refractivity contribution in [2.24, 2.45) is 0 Å². The Hall–Kier alpha value is -2.31. The first-order valence-electron chi connectivity index (χ1n) is 7.81. The Morgan fingerprint density at radius 1 is 1.16 bits per heavy atom. The van der Waals surface area contributed by atoms with Crippen LogP contribution in [0.15, 0.2) is 47.4 Å². The number of nitrogens with zero attached hydrogens (tertiary/aromatic N) is 1. The highest BCUT2D eigenvalue weighted by Gasteiger charge is 2.32. The summed E-state index contributed by atoms with van der Waals surface area (Å²) in [5, 5.41) is 0. The molecule has 0 unspecified atom stereocenters. The summed E-state index contributed by atoms with van der Waals surface area (Å²) >= 11 is 6.74. The molecule has 0 atom stereocenters. The Morgan fingerprint density at radius 2 is 1.92 bits per heavy atom. The fourth-order valence-electron chi connectivity index (χ4n) is 2.67. The van der Waals surface area contributed by atoms with Crippen molar-refractivity contribution in [2.45, 2.75) is 13.5 Å². The lowest BCUT2D eigenvalue weighted by Gasteiger charge is -2.14. The van der Waals surface area contributed by atoms with Crippen LogP contribution in [0.5, 0.6) is 11.5 Å². The molecule has 126 valence electrons. The monoisotopic (exact) mass is 369 g/mol. The minimum atomic E-state index is -0.0618. The lowest BCUT2D eigenvalue weighted by molar-refractivity contribution is -0.122. The molecular weight excluding hydrogens is 354 g/mol. The maximum absolute atomic E-state index is 12.7. The number of aryl methyl sites for hydroxylation is 1. The van der Waals surface area contributed by atoms with E-state index in [2.05, 4.69) is 0 Å². The van der Waals surface area contributed by atoms with Crippen LogP contribution in [-0.4, -0.2) is 21.9 Å². The predicted octanol–water partition coefficient (Wildman–Crippen LogP) is 4.13. The van der Waals surface area contributed by atoms with Crippen molar-refractivity contribution in [3.05, 3.63) is 64.1 Å². The summed E-state index contributed by atoms with van der Waals surface area (Å²) in [4.78, 5) is 15.0. The van der Waals surface area contributed by atoms with Gasteiger partial charge in [0.05, 0.1) is 11.4 Å². The van der Waals surface area contributed by atoms with Gasteiger partial charge in [0.15, 0.2) is 11.5 Å². The molecule has 1 saturated heterocycles. The van der Waals surface area contributed by atoms with E-state index in [1.54, 1.807) is 4.90 Å². The largest absolute Gasteiger partial charge is 0.454 e. The highest BCUT2D eigenvalue weighted by Crippen LogP contribution is 2.36. The van der Waals surface area contributed by atoms with Crippen LogP contribution in [0.2, 0.25) is 0 Å². The fourth-order valence-corrected chi connectivity index (χ4v) is 3.93. The summed E-state index contributed by atoms with van der Waals surface area (Å²) < 4.78 is 11.3. The van der Waals surface area contributed by atoms with Gasteiger partial charge in [-0.15, -0.1) is 0 Å². The molecule has 6 heteroatoms. The van der Waals surface area contributed by atoms with E-state index in [0.717, 1.165) is 16.9 Å². The molecule has 0 aliphatic carbocycles. The summed E-state index contributed by atoms with van der Waals surface area (Å²) in [6.45, 7) is 2.69. The van der Waals surface area contributed by atoms with E-state index in [0.29, 0.717) is 21.5 Å². The SMILES string of the molecule is Cc1ccc(/C=C2\SC(=S)N(Cc3ccc4c(c3)OCO4)C2=O)cc1. The van der Waals surface area contributed by atoms with Crippen LogP contribution < -0.4 is 9.47 Å². The Bertz CT molecular complexity index is 890. The van der Waals surface area contributed by atoms with E-state index in [9.17, 15) is 4.79 Å². The third-order valence-corrected chi connectivity index (χ3v) is 5.40. The molecule has 25 heavy (non-hydrogen) atoms. The molecule has 2 aromatic carbocycles. The van der Waals surface area contributed by atoms with Gasteiger partial charge in [0.2, 0.25) is 6.79 Å². The van der Waals surface area contributed by atoms with E-state index in [-0.39, 0.29) is 12.7 Å². The molecule has 0 bridgehead atoms. The standard InChI is InChI=1S/C19H15NO3S2/c1-12-2-4-13(5-3-12)9-17-18(21)20(19(24)25-17)10-14-6-7-15-16(8-14)23-11-22-15/h2-9H,10-11H2,1H3/b17-9-. The van der Waals surface area contributed by atoms with Crippen LogP contribution >= 0.6 is 24.0 Å². The summed E-state index contributed by atoms with van der Waals surface area (Å²) in [7, 11) is 0. The van der Waals surface area contributed by atoms with Crippen molar-refractivity contribution >= 4 is 40.3 Å². The zero-order valence-corrected chi connectivity index (χ0v) is 15.2. The molecule has 1 fully saturated rings. The van der Waals surface area contributed by atoms with Crippen LogP contribution in [0, 0.1) is 6.92 Å². The van der Waals surface area contributed by atoms with Crippen molar-refractivity contribution in [3.63, 3.8) is 0 Å². The second-order valence-corrected chi connectivity index (χ2v) is 7.54. The molecule has 4 rings (SSSR count). The van der Waals surface area contributed by atoms with Crippen molar-refractivity contribution in [1.29, 1.82) is 0 Å². The van der Waals surface area contributed by atoms with Gasteiger partial charge in [-0.25, -0.2) is 0 Å². The van der Waals surface area contributed by atoms with E-state index < -0.39 is 0 Å². The van der Waals surface area contributed by atoms with Gasteiger partial charge in [0, 0.05) is 0 Å². The van der Waals surface area contributed by atoms with Gasteiger partial charge in [-0.3, -0.25) is 9.69 Å². The molecule has 0 spiro atoms. The number of thioether (sulfide) groups is 1. The summed E-state index contributed by atoms with van der Waals surface area (Å²) in [6, 6.07) is 13.7. The van der Waals surface area contributed by atoms with Crippen molar-refractivity contribution in [2.75, 3.05) is 6.79 Å². The maximum atomic E-state index is 12.7. The summed E-state index contributed by atoms with van der Waals surface area (Å²) in [5.41, 5.74) is 3.14. The average molecular weight is 369 g/mol.